The minimum atomic E-state index is -0.777. The summed E-state index contributed by atoms with van der Waals surface area (Å²) in [7, 11) is 0. The topological polar surface area (TPSA) is 129 Å². The molecule has 218 valence electrons. The predicted molar refractivity (Wildman–Crippen MR) is 151 cm³/mol. The molecule has 2 aromatic carbocycles. The monoisotopic (exact) mass is 572 g/mol. The van der Waals surface area contributed by atoms with Gasteiger partial charge in [-0.3, -0.25) is 14.4 Å². The molecule has 11 nitrogen and oxygen atoms in total. The van der Waals surface area contributed by atoms with Gasteiger partial charge in [-0.2, -0.15) is 10.1 Å². The van der Waals surface area contributed by atoms with Crippen LogP contribution in [0.3, 0.4) is 0 Å². The van der Waals surface area contributed by atoms with Gasteiger partial charge in [-0.15, -0.1) is 0 Å². The van der Waals surface area contributed by atoms with Gasteiger partial charge in [0.05, 0.1) is 39.2 Å². The van der Waals surface area contributed by atoms with Gasteiger partial charge in [-0.05, 0) is 65.8 Å². The van der Waals surface area contributed by atoms with Crippen LogP contribution in [0.2, 0.25) is 0 Å². The SMILES string of the molecule is Cc1noc(C)c1COc1ccccc1C(=O)N=C1CC(C)(C)ON1C(=O)c1ccccc1OCc1c(C)noc1C. The van der Waals surface area contributed by atoms with E-state index < -0.39 is 17.4 Å². The summed E-state index contributed by atoms with van der Waals surface area (Å²) in [4.78, 5) is 37.6. The molecule has 0 aliphatic carbocycles. The average Bonchev–Trinajstić information content (AvgIpc) is 3.58. The molecular weight excluding hydrogens is 540 g/mol. The van der Waals surface area contributed by atoms with E-state index in [1.54, 1.807) is 62.4 Å². The number of carbonyl (C=O) groups excluding carboxylic acids is 2. The zero-order chi connectivity index (χ0) is 30.0. The van der Waals surface area contributed by atoms with Gasteiger partial charge in [0.1, 0.15) is 42.1 Å². The zero-order valence-electron chi connectivity index (χ0n) is 24.4. The lowest BCUT2D eigenvalue weighted by molar-refractivity contribution is -0.129. The lowest BCUT2D eigenvalue weighted by atomic mass is 10.1. The van der Waals surface area contributed by atoms with Crippen LogP contribution < -0.4 is 9.47 Å². The van der Waals surface area contributed by atoms with Crippen LogP contribution in [0.5, 0.6) is 11.5 Å². The molecular formula is C31H32N4O7. The van der Waals surface area contributed by atoms with Crippen molar-refractivity contribution in [1.82, 2.24) is 15.4 Å². The number of nitrogens with zero attached hydrogens (tertiary/aromatic N) is 4. The second-order valence-electron chi connectivity index (χ2n) is 10.6. The number of hydroxylamine groups is 2. The maximum atomic E-state index is 13.8. The number of benzene rings is 2. The van der Waals surface area contributed by atoms with Crippen molar-refractivity contribution in [1.29, 1.82) is 0 Å². The molecule has 2 aromatic heterocycles. The molecule has 1 saturated heterocycles. The minimum absolute atomic E-state index is 0.169. The predicted octanol–water partition coefficient (Wildman–Crippen LogP) is 5.85. The summed E-state index contributed by atoms with van der Waals surface area (Å²) >= 11 is 0. The Kier molecular flexibility index (Phi) is 7.95. The molecule has 0 N–H and O–H groups in total. The summed E-state index contributed by atoms with van der Waals surface area (Å²) in [5, 5.41) is 8.97. The molecule has 11 heteroatoms. The van der Waals surface area contributed by atoms with Crippen molar-refractivity contribution in [3.8, 4) is 11.5 Å². The van der Waals surface area contributed by atoms with Gasteiger partial charge in [0.15, 0.2) is 0 Å². The highest BCUT2D eigenvalue weighted by Gasteiger charge is 2.41. The van der Waals surface area contributed by atoms with Crippen LogP contribution in [0.1, 0.15) is 75.0 Å². The lowest BCUT2D eigenvalue weighted by Gasteiger charge is -2.20. The maximum Gasteiger partial charge on any atom is 0.287 e. The fourth-order valence-electron chi connectivity index (χ4n) is 4.57. The summed E-state index contributed by atoms with van der Waals surface area (Å²) in [6.45, 7) is 11.2. The van der Waals surface area contributed by atoms with Crippen molar-refractivity contribution in [2.45, 2.75) is 66.8 Å². The third-order valence-electron chi connectivity index (χ3n) is 6.91. The number of ether oxygens (including phenoxy) is 2. The van der Waals surface area contributed by atoms with E-state index in [9.17, 15) is 9.59 Å². The van der Waals surface area contributed by atoms with Crippen molar-refractivity contribution in [3.05, 3.63) is 93.7 Å². The third kappa shape index (κ3) is 5.96. The molecule has 1 aliphatic rings. The van der Waals surface area contributed by atoms with Gasteiger partial charge in [-0.1, -0.05) is 34.6 Å². The second kappa shape index (κ2) is 11.6. The number of amides is 2. The van der Waals surface area contributed by atoms with Gasteiger partial charge in [0.25, 0.3) is 11.8 Å². The first-order valence-electron chi connectivity index (χ1n) is 13.5. The number of amidine groups is 1. The molecule has 0 saturated carbocycles. The summed E-state index contributed by atoms with van der Waals surface area (Å²) in [5.41, 5.74) is 2.76. The number of carbonyl (C=O) groups is 2. The largest absolute Gasteiger partial charge is 0.488 e. The van der Waals surface area contributed by atoms with E-state index in [2.05, 4.69) is 15.3 Å². The standard InChI is InChI=1S/C31H32N4O7/c1-18-24(20(3)40-33-18)16-38-26-13-9-7-11-22(26)29(36)32-28-15-31(5,6)42-35(28)30(37)23-12-8-10-14-27(23)39-17-25-19(2)34-41-21(25)4/h7-14H,15-17H2,1-6H3. The van der Waals surface area contributed by atoms with Crippen LogP contribution in [0.15, 0.2) is 62.6 Å². The number of hydrogen-bond acceptors (Lipinski definition) is 9. The Morgan fingerprint density at radius 2 is 1.33 bits per heavy atom. The number of aliphatic imine (C=N–C) groups is 1. The summed E-state index contributed by atoms with van der Waals surface area (Å²) in [5.74, 6) is 1.08. The van der Waals surface area contributed by atoms with Gasteiger partial charge in [0, 0.05) is 6.42 Å². The fraction of sp³-hybridized carbons (Fsp3) is 0.323. The molecule has 5 rings (SSSR count). The highest BCUT2D eigenvalue weighted by atomic mass is 16.7. The number of aryl methyl sites for hydroxylation is 4. The first kappa shape index (κ1) is 28.7. The van der Waals surface area contributed by atoms with E-state index in [0.29, 0.717) is 34.4 Å². The van der Waals surface area contributed by atoms with Crippen LogP contribution in [0.25, 0.3) is 0 Å². The van der Waals surface area contributed by atoms with Crippen molar-refractivity contribution in [3.63, 3.8) is 0 Å². The van der Waals surface area contributed by atoms with E-state index >= 15 is 0 Å². The van der Waals surface area contributed by atoms with Crippen LogP contribution in [-0.2, 0) is 18.1 Å². The highest BCUT2D eigenvalue weighted by Crippen LogP contribution is 2.32. The van der Waals surface area contributed by atoms with Crippen molar-refractivity contribution in [2.75, 3.05) is 0 Å². The molecule has 2 amide bonds. The van der Waals surface area contributed by atoms with E-state index in [1.165, 1.54) is 0 Å². The van der Waals surface area contributed by atoms with E-state index in [1.807, 2.05) is 27.7 Å². The van der Waals surface area contributed by atoms with E-state index in [0.717, 1.165) is 16.2 Å². The molecule has 0 bridgehead atoms. The smallest absolute Gasteiger partial charge is 0.287 e. The molecule has 0 radical (unpaired) electrons. The number of para-hydroxylation sites is 2. The van der Waals surface area contributed by atoms with Crippen LogP contribution in [0, 0.1) is 27.7 Å². The number of rotatable bonds is 8. The Balaban J connectivity index is 1.39. The Morgan fingerprint density at radius 1 is 0.833 bits per heavy atom. The number of aromatic nitrogens is 2. The average molecular weight is 573 g/mol. The lowest BCUT2D eigenvalue weighted by Crippen LogP contribution is -2.33. The molecule has 0 atom stereocenters. The van der Waals surface area contributed by atoms with Gasteiger partial charge in [-0.25, -0.2) is 0 Å². The summed E-state index contributed by atoms with van der Waals surface area (Å²) in [6.07, 6.45) is 0.231. The Hall–Kier alpha value is -4.77. The van der Waals surface area contributed by atoms with Crippen molar-refractivity contribution in [2.24, 2.45) is 4.99 Å². The molecule has 3 heterocycles. The first-order chi connectivity index (χ1) is 20.0. The normalized spacial score (nSPS) is 15.3. The quantitative estimate of drug-likeness (QED) is 0.255. The van der Waals surface area contributed by atoms with Crippen molar-refractivity contribution >= 4 is 17.6 Å². The Bertz CT molecular complexity index is 1630. The van der Waals surface area contributed by atoms with Crippen LogP contribution in [-0.4, -0.2) is 38.6 Å². The molecule has 42 heavy (non-hydrogen) atoms. The van der Waals surface area contributed by atoms with E-state index in [4.69, 9.17) is 23.4 Å². The van der Waals surface area contributed by atoms with Crippen LogP contribution >= 0.6 is 0 Å². The Labute approximate surface area is 243 Å². The fourth-order valence-corrected chi connectivity index (χ4v) is 4.57. The van der Waals surface area contributed by atoms with Gasteiger partial charge in [0.2, 0.25) is 0 Å². The first-order valence-corrected chi connectivity index (χ1v) is 13.5. The molecule has 1 aliphatic heterocycles. The maximum absolute atomic E-state index is 13.8. The van der Waals surface area contributed by atoms with Gasteiger partial charge >= 0.3 is 0 Å². The summed E-state index contributed by atoms with van der Waals surface area (Å²) in [6, 6.07) is 13.6. The highest BCUT2D eigenvalue weighted by molar-refractivity contribution is 6.12. The number of hydrogen-bond donors (Lipinski definition) is 0. The molecule has 0 spiro atoms. The van der Waals surface area contributed by atoms with Gasteiger partial charge < -0.3 is 18.5 Å². The van der Waals surface area contributed by atoms with Crippen molar-refractivity contribution < 1.29 is 32.9 Å². The third-order valence-corrected chi connectivity index (χ3v) is 6.91. The molecule has 4 aromatic rings. The molecule has 0 unspecified atom stereocenters. The van der Waals surface area contributed by atoms with Crippen LogP contribution in [0.4, 0.5) is 0 Å². The van der Waals surface area contributed by atoms with E-state index in [-0.39, 0.29) is 36.6 Å². The molecule has 1 fully saturated rings. The Morgan fingerprint density at radius 3 is 1.86 bits per heavy atom. The summed E-state index contributed by atoms with van der Waals surface area (Å²) < 4.78 is 22.4. The minimum Gasteiger partial charge on any atom is -0.488 e. The second-order valence-corrected chi connectivity index (χ2v) is 10.6. The zero-order valence-corrected chi connectivity index (χ0v) is 24.4.